The van der Waals surface area contributed by atoms with Crippen LogP contribution in [0.2, 0.25) is 0 Å². The summed E-state index contributed by atoms with van der Waals surface area (Å²) in [6.07, 6.45) is 14.6. The van der Waals surface area contributed by atoms with Crippen molar-refractivity contribution >= 4 is 0 Å². The Morgan fingerprint density at radius 3 is 2.05 bits per heavy atom. The molecular weight excluding hydrogens is 497 g/mol. The summed E-state index contributed by atoms with van der Waals surface area (Å²) in [5.41, 5.74) is 1.25. The van der Waals surface area contributed by atoms with Gasteiger partial charge in [-0.2, -0.15) is 4.39 Å². The first-order valence-corrected chi connectivity index (χ1v) is 15.5. The van der Waals surface area contributed by atoms with Crippen LogP contribution in [0.5, 0.6) is 11.5 Å². The summed E-state index contributed by atoms with van der Waals surface area (Å²) in [5.74, 6) is -0.00791. The summed E-state index contributed by atoms with van der Waals surface area (Å²) < 4.78 is 56.1. The monoisotopic (exact) mass is 544 g/mol. The maximum atomic E-state index is 14.9. The maximum absolute atomic E-state index is 14.9. The van der Waals surface area contributed by atoms with Crippen molar-refractivity contribution in [1.29, 1.82) is 0 Å². The van der Waals surface area contributed by atoms with E-state index in [9.17, 15) is 13.2 Å². The van der Waals surface area contributed by atoms with Gasteiger partial charge in [-0.1, -0.05) is 70.9 Å². The van der Waals surface area contributed by atoms with E-state index < -0.39 is 11.6 Å². The normalized spacial score (nSPS) is 23.5. The third-order valence-electron chi connectivity index (χ3n) is 9.03. The lowest BCUT2D eigenvalue weighted by Gasteiger charge is -2.29. The average molecular weight is 545 g/mol. The Labute approximate surface area is 233 Å². The lowest BCUT2D eigenvalue weighted by Crippen LogP contribution is -2.20. The molecular formula is C34H47F3O2. The van der Waals surface area contributed by atoms with Crippen LogP contribution in [0, 0.1) is 29.3 Å². The van der Waals surface area contributed by atoms with Crippen molar-refractivity contribution < 1.29 is 22.6 Å². The standard InChI is InChI=1S/C34H47F3O2/c1-3-4-5-6-7-8-21-38-28-17-18-29(31(35)22-28)26-15-11-25(12-16-26)23-39-32-20-19-30(33(36)34(32)37)27-13-9-24(2)10-14-27/h17-20,22,24-27H,3-16,21,23H2,1-2H3. The number of hydrogen-bond donors (Lipinski definition) is 0. The van der Waals surface area contributed by atoms with Crippen molar-refractivity contribution in [1.82, 2.24) is 0 Å². The van der Waals surface area contributed by atoms with Gasteiger partial charge < -0.3 is 9.47 Å². The van der Waals surface area contributed by atoms with Crippen LogP contribution in [0.15, 0.2) is 30.3 Å². The first-order valence-electron chi connectivity index (χ1n) is 15.5. The van der Waals surface area contributed by atoms with Crippen LogP contribution in [0.25, 0.3) is 0 Å². The highest BCUT2D eigenvalue weighted by atomic mass is 19.2. The zero-order chi connectivity index (χ0) is 27.6. The molecule has 0 atom stereocenters. The van der Waals surface area contributed by atoms with Crippen LogP contribution < -0.4 is 9.47 Å². The zero-order valence-corrected chi connectivity index (χ0v) is 24.0. The minimum absolute atomic E-state index is 0.00476. The number of benzene rings is 2. The van der Waals surface area contributed by atoms with Gasteiger partial charge in [0.15, 0.2) is 11.6 Å². The van der Waals surface area contributed by atoms with Crippen LogP contribution in [0.4, 0.5) is 13.2 Å². The lowest BCUT2D eigenvalue weighted by atomic mass is 9.79. The highest BCUT2D eigenvalue weighted by Crippen LogP contribution is 2.40. The second kappa shape index (κ2) is 15.0. The molecule has 39 heavy (non-hydrogen) atoms. The molecule has 2 aliphatic rings. The highest BCUT2D eigenvalue weighted by Gasteiger charge is 2.27. The largest absolute Gasteiger partial charge is 0.493 e. The molecule has 2 aromatic carbocycles. The van der Waals surface area contributed by atoms with Gasteiger partial charge in [-0.25, -0.2) is 8.78 Å². The molecule has 2 nitrogen and oxygen atoms in total. The molecule has 0 unspecified atom stereocenters. The van der Waals surface area contributed by atoms with E-state index in [0.717, 1.165) is 69.8 Å². The van der Waals surface area contributed by atoms with E-state index in [-0.39, 0.29) is 29.3 Å². The molecule has 0 radical (unpaired) electrons. The van der Waals surface area contributed by atoms with Gasteiger partial charge in [0.2, 0.25) is 5.82 Å². The number of rotatable bonds is 13. The first-order chi connectivity index (χ1) is 19.0. The van der Waals surface area contributed by atoms with Crippen molar-refractivity contribution in [2.24, 2.45) is 11.8 Å². The minimum atomic E-state index is -0.860. The Balaban J connectivity index is 1.21. The van der Waals surface area contributed by atoms with Crippen molar-refractivity contribution in [2.75, 3.05) is 13.2 Å². The Hall–Kier alpha value is -2.17. The molecule has 0 N–H and O–H groups in total. The molecule has 2 saturated carbocycles. The molecule has 0 aliphatic heterocycles. The zero-order valence-electron chi connectivity index (χ0n) is 24.0. The second-order valence-electron chi connectivity index (χ2n) is 12.1. The predicted octanol–water partition coefficient (Wildman–Crippen LogP) is 10.5. The van der Waals surface area contributed by atoms with E-state index >= 15 is 0 Å². The third kappa shape index (κ3) is 8.41. The van der Waals surface area contributed by atoms with Crippen molar-refractivity contribution in [3.05, 3.63) is 58.9 Å². The second-order valence-corrected chi connectivity index (χ2v) is 12.1. The van der Waals surface area contributed by atoms with E-state index in [1.807, 2.05) is 12.1 Å². The minimum Gasteiger partial charge on any atom is -0.493 e. The summed E-state index contributed by atoms with van der Waals surface area (Å²) in [7, 11) is 0. The Bertz CT molecular complexity index is 1020. The number of ether oxygens (including phenoxy) is 2. The van der Waals surface area contributed by atoms with Crippen molar-refractivity contribution in [3.63, 3.8) is 0 Å². The fourth-order valence-electron chi connectivity index (χ4n) is 6.39. The van der Waals surface area contributed by atoms with Crippen LogP contribution in [0.3, 0.4) is 0 Å². The van der Waals surface area contributed by atoms with E-state index in [2.05, 4.69) is 13.8 Å². The summed E-state index contributed by atoms with van der Waals surface area (Å²) in [5, 5.41) is 0. The van der Waals surface area contributed by atoms with E-state index in [0.29, 0.717) is 30.4 Å². The van der Waals surface area contributed by atoms with Crippen LogP contribution in [-0.2, 0) is 0 Å². The van der Waals surface area contributed by atoms with Crippen LogP contribution >= 0.6 is 0 Å². The van der Waals surface area contributed by atoms with Gasteiger partial charge >= 0.3 is 0 Å². The van der Waals surface area contributed by atoms with Gasteiger partial charge in [-0.3, -0.25) is 0 Å². The average Bonchev–Trinajstić information content (AvgIpc) is 2.94. The number of unbranched alkanes of at least 4 members (excludes halogenated alkanes) is 5. The van der Waals surface area contributed by atoms with Gasteiger partial charge in [0.1, 0.15) is 11.6 Å². The van der Waals surface area contributed by atoms with Crippen molar-refractivity contribution in [2.45, 2.75) is 116 Å². The topological polar surface area (TPSA) is 18.5 Å². The van der Waals surface area contributed by atoms with E-state index in [1.54, 1.807) is 12.1 Å². The molecule has 216 valence electrons. The first kappa shape index (κ1) is 29.8. The van der Waals surface area contributed by atoms with Gasteiger partial charge in [-0.05, 0) is 91.9 Å². The quantitative estimate of drug-likeness (QED) is 0.234. The van der Waals surface area contributed by atoms with Crippen LogP contribution in [-0.4, -0.2) is 13.2 Å². The molecule has 0 amide bonds. The predicted molar refractivity (Wildman–Crippen MR) is 152 cm³/mol. The van der Waals surface area contributed by atoms with E-state index in [4.69, 9.17) is 9.47 Å². The molecule has 0 bridgehead atoms. The van der Waals surface area contributed by atoms with Crippen LogP contribution in [0.1, 0.15) is 127 Å². The third-order valence-corrected chi connectivity index (χ3v) is 9.03. The van der Waals surface area contributed by atoms with Crippen molar-refractivity contribution in [3.8, 4) is 11.5 Å². The lowest BCUT2D eigenvalue weighted by molar-refractivity contribution is 0.191. The maximum Gasteiger partial charge on any atom is 0.200 e. The molecule has 0 heterocycles. The molecule has 4 rings (SSSR count). The molecule has 0 saturated heterocycles. The highest BCUT2D eigenvalue weighted by molar-refractivity contribution is 5.34. The Morgan fingerprint density at radius 1 is 0.692 bits per heavy atom. The number of hydrogen-bond acceptors (Lipinski definition) is 2. The summed E-state index contributed by atoms with van der Waals surface area (Å²) in [4.78, 5) is 0. The molecule has 5 heteroatoms. The van der Waals surface area contributed by atoms with Gasteiger partial charge in [-0.15, -0.1) is 0 Å². The molecule has 0 aromatic heterocycles. The van der Waals surface area contributed by atoms with Gasteiger partial charge in [0, 0.05) is 6.07 Å². The number of halogens is 3. The summed E-state index contributed by atoms with van der Waals surface area (Å²) in [6, 6.07) is 8.61. The van der Waals surface area contributed by atoms with Gasteiger partial charge in [0.05, 0.1) is 13.2 Å². The fourth-order valence-corrected chi connectivity index (χ4v) is 6.39. The molecule has 2 aromatic rings. The summed E-state index contributed by atoms with van der Waals surface area (Å²) in [6.45, 7) is 5.42. The van der Waals surface area contributed by atoms with Gasteiger partial charge in [0.25, 0.3) is 0 Å². The Kier molecular flexibility index (Phi) is 11.5. The fraction of sp³-hybridized carbons (Fsp3) is 0.647. The molecule has 2 aliphatic carbocycles. The molecule has 0 spiro atoms. The SMILES string of the molecule is CCCCCCCCOc1ccc(C2CCC(COc3ccc(C4CCC(C)CC4)c(F)c3F)CC2)c(F)c1. The Morgan fingerprint density at radius 2 is 1.33 bits per heavy atom. The smallest absolute Gasteiger partial charge is 0.200 e. The summed E-state index contributed by atoms with van der Waals surface area (Å²) >= 11 is 0. The molecule has 2 fully saturated rings. The van der Waals surface area contributed by atoms with E-state index in [1.165, 1.54) is 31.7 Å².